The summed E-state index contributed by atoms with van der Waals surface area (Å²) in [5.74, 6) is -0.157. The van der Waals surface area contributed by atoms with Crippen molar-refractivity contribution in [3.63, 3.8) is 0 Å². The van der Waals surface area contributed by atoms with E-state index in [9.17, 15) is 4.79 Å². The lowest BCUT2D eigenvalue weighted by Crippen LogP contribution is -2.40. The number of nitrogens with zero attached hydrogens (tertiary/aromatic N) is 2. The van der Waals surface area contributed by atoms with E-state index in [1.165, 1.54) is 0 Å². The van der Waals surface area contributed by atoms with Crippen LogP contribution in [0.1, 0.15) is 19.8 Å². The largest absolute Gasteiger partial charge is 0.323 e. The molecule has 3 nitrogen and oxygen atoms in total. The highest BCUT2D eigenvalue weighted by Gasteiger charge is 2.33. The van der Waals surface area contributed by atoms with E-state index in [4.69, 9.17) is 16.9 Å². The Balaban J connectivity index is 2.71. The minimum atomic E-state index is -0.258. The summed E-state index contributed by atoms with van der Waals surface area (Å²) in [7, 11) is 0. The highest BCUT2D eigenvalue weighted by molar-refractivity contribution is 6.27. The first-order chi connectivity index (χ1) is 5.70. The van der Waals surface area contributed by atoms with Gasteiger partial charge >= 0.3 is 0 Å². The van der Waals surface area contributed by atoms with Crippen molar-refractivity contribution in [1.29, 1.82) is 5.26 Å². The fraction of sp³-hybridized carbons (Fsp3) is 0.750. The van der Waals surface area contributed by atoms with E-state index in [0.29, 0.717) is 0 Å². The molecule has 0 aliphatic carbocycles. The first-order valence-corrected chi connectivity index (χ1v) is 4.51. The molecular weight excluding hydrogens is 176 g/mol. The molecule has 0 N–H and O–H groups in total. The van der Waals surface area contributed by atoms with Gasteiger partial charge in [0, 0.05) is 6.04 Å². The maximum atomic E-state index is 11.2. The number of carbonyl (C=O) groups excluding carboxylic acids is 1. The van der Waals surface area contributed by atoms with Gasteiger partial charge in [0.25, 0.3) is 0 Å². The molecule has 0 aromatic rings. The molecule has 1 aliphatic heterocycles. The summed E-state index contributed by atoms with van der Waals surface area (Å²) < 4.78 is 0. The third-order valence-electron chi connectivity index (χ3n) is 2.22. The summed E-state index contributed by atoms with van der Waals surface area (Å²) in [5.41, 5.74) is 0. The molecule has 0 radical (unpaired) electrons. The molecule has 0 saturated carbocycles. The minimum absolute atomic E-state index is 0.0253. The number of hydrogen-bond donors (Lipinski definition) is 0. The normalized spacial score (nSPS) is 28.6. The number of halogens is 1. The van der Waals surface area contributed by atoms with Crippen LogP contribution in [0.25, 0.3) is 0 Å². The van der Waals surface area contributed by atoms with E-state index in [1.807, 2.05) is 6.92 Å². The Bertz CT molecular complexity index is 224. The second-order valence-electron chi connectivity index (χ2n) is 3.01. The van der Waals surface area contributed by atoms with Gasteiger partial charge in [-0.2, -0.15) is 5.26 Å². The molecule has 66 valence electrons. The molecule has 0 unspecified atom stereocenters. The third-order valence-corrected chi connectivity index (χ3v) is 2.45. The highest BCUT2D eigenvalue weighted by atomic mass is 35.5. The van der Waals surface area contributed by atoms with Gasteiger partial charge in [-0.05, 0) is 19.8 Å². The maximum absolute atomic E-state index is 11.2. The molecule has 0 aromatic heterocycles. The van der Waals surface area contributed by atoms with Gasteiger partial charge in [0.15, 0.2) is 0 Å². The van der Waals surface area contributed by atoms with Crippen LogP contribution >= 0.6 is 11.6 Å². The molecule has 0 aromatic carbocycles. The molecule has 4 heteroatoms. The predicted molar refractivity (Wildman–Crippen MR) is 45.7 cm³/mol. The average Bonchev–Trinajstić information content (AvgIpc) is 2.45. The van der Waals surface area contributed by atoms with Gasteiger partial charge in [0.05, 0.1) is 6.07 Å². The molecule has 1 amide bonds. The van der Waals surface area contributed by atoms with Crippen molar-refractivity contribution in [2.45, 2.75) is 31.8 Å². The summed E-state index contributed by atoms with van der Waals surface area (Å²) in [6, 6.07) is 2.02. The fourth-order valence-corrected chi connectivity index (χ4v) is 1.74. The molecule has 0 bridgehead atoms. The van der Waals surface area contributed by atoms with Crippen LogP contribution in [-0.4, -0.2) is 28.8 Å². The van der Waals surface area contributed by atoms with Gasteiger partial charge in [-0.25, -0.2) is 0 Å². The van der Waals surface area contributed by atoms with Crippen molar-refractivity contribution in [2.24, 2.45) is 0 Å². The van der Waals surface area contributed by atoms with Crippen LogP contribution in [0.4, 0.5) is 0 Å². The first kappa shape index (κ1) is 9.34. The van der Waals surface area contributed by atoms with Crippen molar-refractivity contribution in [2.75, 3.05) is 5.88 Å². The fourth-order valence-electron chi connectivity index (χ4n) is 1.60. The smallest absolute Gasteiger partial charge is 0.238 e. The molecule has 12 heavy (non-hydrogen) atoms. The molecule has 1 rings (SSSR count). The highest BCUT2D eigenvalue weighted by Crippen LogP contribution is 2.23. The van der Waals surface area contributed by atoms with Crippen molar-refractivity contribution in [1.82, 2.24) is 4.90 Å². The lowest BCUT2D eigenvalue weighted by atomic mass is 10.2. The number of hydrogen-bond acceptors (Lipinski definition) is 2. The zero-order valence-corrected chi connectivity index (χ0v) is 7.71. The van der Waals surface area contributed by atoms with Crippen molar-refractivity contribution in [3.8, 4) is 6.07 Å². The van der Waals surface area contributed by atoms with E-state index in [0.717, 1.165) is 12.8 Å². The predicted octanol–water partition coefficient (Wildman–Crippen LogP) is 1.13. The number of likely N-dealkylation sites (tertiary alicyclic amines) is 1. The summed E-state index contributed by atoms with van der Waals surface area (Å²) >= 11 is 5.42. The van der Waals surface area contributed by atoms with Gasteiger partial charge in [-0.15, -0.1) is 11.6 Å². The Hall–Kier alpha value is -0.750. The monoisotopic (exact) mass is 186 g/mol. The van der Waals surface area contributed by atoms with Crippen LogP contribution in [0.5, 0.6) is 0 Å². The lowest BCUT2D eigenvalue weighted by molar-refractivity contribution is -0.130. The van der Waals surface area contributed by atoms with Crippen LogP contribution in [-0.2, 0) is 4.79 Å². The van der Waals surface area contributed by atoms with E-state index >= 15 is 0 Å². The Morgan fingerprint density at radius 2 is 2.42 bits per heavy atom. The average molecular weight is 187 g/mol. The molecule has 2 atom stereocenters. The summed E-state index contributed by atoms with van der Waals surface area (Å²) in [6.45, 7) is 1.95. The Kier molecular flexibility index (Phi) is 2.93. The summed E-state index contributed by atoms with van der Waals surface area (Å²) in [6.07, 6.45) is 1.68. The molecule has 1 saturated heterocycles. The molecule has 1 fully saturated rings. The van der Waals surface area contributed by atoms with Gasteiger partial charge in [0.1, 0.15) is 11.9 Å². The Morgan fingerprint density at radius 3 is 2.92 bits per heavy atom. The number of carbonyl (C=O) groups is 1. The standard InChI is InChI=1S/C8H11ClN2O/c1-6-2-3-7(5-10)11(6)8(12)4-9/h6-7H,2-4H2,1H3/t6-,7-/m0/s1. The molecule has 0 spiro atoms. The van der Waals surface area contributed by atoms with Crippen molar-refractivity contribution >= 4 is 17.5 Å². The Morgan fingerprint density at radius 1 is 1.75 bits per heavy atom. The van der Waals surface area contributed by atoms with E-state index < -0.39 is 0 Å². The van der Waals surface area contributed by atoms with E-state index in [1.54, 1.807) is 4.90 Å². The number of rotatable bonds is 1. The quantitative estimate of drug-likeness (QED) is 0.577. The lowest BCUT2D eigenvalue weighted by Gasteiger charge is -2.23. The first-order valence-electron chi connectivity index (χ1n) is 3.97. The summed E-state index contributed by atoms with van der Waals surface area (Å²) in [5, 5.41) is 8.71. The Labute approximate surface area is 76.9 Å². The zero-order chi connectivity index (χ0) is 9.14. The van der Waals surface area contributed by atoms with Crippen molar-refractivity contribution in [3.05, 3.63) is 0 Å². The maximum Gasteiger partial charge on any atom is 0.238 e. The number of alkyl halides is 1. The van der Waals surface area contributed by atoms with Crippen LogP contribution in [0.15, 0.2) is 0 Å². The number of nitriles is 1. The van der Waals surface area contributed by atoms with Gasteiger partial charge in [-0.1, -0.05) is 0 Å². The van der Waals surface area contributed by atoms with Gasteiger partial charge in [-0.3, -0.25) is 4.79 Å². The van der Waals surface area contributed by atoms with Crippen LogP contribution in [0, 0.1) is 11.3 Å². The van der Waals surface area contributed by atoms with Crippen LogP contribution in [0.2, 0.25) is 0 Å². The van der Waals surface area contributed by atoms with Gasteiger partial charge < -0.3 is 4.90 Å². The number of amides is 1. The third kappa shape index (κ3) is 1.54. The second kappa shape index (κ2) is 3.77. The minimum Gasteiger partial charge on any atom is -0.323 e. The topological polar surface area (TPSA) is 44.1 Å². The SMILES string of the molecule is C[C@H]1CC[C@@H](C#N)N1C(=O)CCl. The molecule has 1 aliphatic rings. The zero-order valence-electron chi connectivity index (χ0n) is 6.96. The van der Waals surface area contributed by atoms with Gasteiger partial charge in [0.2, 0.25) is 5.91 Å². The van der Waals surface area contributed by atoms with Crippen LogP contribution in [0.3, 0.4) is 0 Å². The molecular formula is C8H11ClN2O. The van der Waals surface area contributed by atoms with E-state index in [2.05, 4.69) is 6.07 Å². The van der Waals surface area contributed by atoms with Crippen LogP contribution < -0.4 is 0 Å². The summed E-state index contributed by atoms with van der Waals surface area (Å²) in [4.78, 5) is 12.8. The van der Waals surface area contributed by atoms with Crippen molar-refractivity contribution < 1.29 is 4.79 Å². The van der Waals surface area contributed by atoms with E-state index in [-0.39, 0.29) is 23.9 Å². The molecule has 1 heterocycles. The second-order valence-corrected chi connectivity index (χ2v) is 3.27.